The van der Waals surface area contributed by atoms with E-state index in [0.29, 0.717) is 17.1 Å². The molecule has 0 saturated heterocycles. The van der Waals surface area contributed by atoms with E-state index in [0.717, 1.165) is 19.3 Å². The molecule has 1 fully saturated rings. The Morgan fingerprint density at radius 1 is 1.10 bits per heavy atom. The summed E-state index contributed by atoms with van der Waals surface area (Å²) in [6.07, 6.45) is 4.20. The number of hydrogen-bond donors (Lipinski definition) is 0. The van der Waals surface area contributed by atoms with Gasteiger partial charge in [-0.15, -0.1) is 0 Å². The molecule has 2 aliphatic rings. The minimum Gasteiger partial charge on any atom is -0.273 e. The highest BCUT2D eigenvalue weighted by Gasteiger charge is 2.46. The number of imide groups is 1. The van der Waals surface area contributed by atoms with Gasteiger partial charge in [-0.2, -0.15) is 4.31 Å². The molecule has 0 atom stereocenters. The van der Waals surface area contributed by atoms with Gasteiger partial charge in [-0.1, -0.05) is 31.4 Å². The van der Waals surface area contributed by atoms with Crippen molar-refractivity contribution >= 4 is 21.8 Å². The van der Waals surface area contributed by atoms with E-state index in [1.165, 1.54) is 12.1 Å². The van der Waals surface area contributed by atoms with Crippen molar-refractivity contribution in [2.24, 2.45) is 5.92 Å². The molecule has 1 aliphatic heterocycles. The molecule has 1 saturated carbocycles. The van der Waals surface area contributed by atoms with Crippen LogP contribution in [-0.2, 0) is 14.8 Å². The fourth-order valence-electron chi connectivity index (χ4n) is 2.92. The van der Waals surface area contributed by atoms with Gasteiger partial charge >= 0.3 is 0 Å². The number of amides is 2. The second kappa shape index (κ2) is 4.70. The zero-order valence-electron chi connectivity index (χ0n) is 10.9. The summed E-state index contributed by atoms with van der Waals surface area (Å²) in [4.78, 5) is 24.6. The van der Waals surface area contributed by atoms with E-state index in [1.807, 2.05) is 0 Å². The largest absolute Gasteiger partial charge is 0.276 e. The number of fused-ring (bicyclic) bond motifs is 1. The van der Waals surface area contributed by atoms with Crippen molar-refractivity contribution in [3.8, 4) is 0 Å². The molecule has 2 amide bonds. The van der Waals surface area contributed by atoms with Gasteiger partial charge in [-0.05, 0) is 25.0 Å². The first-order chi connectivity index (χ1) is 9.53. The minimum absolute atomic E-state index is 0.0610. The van der Waals surface area contributed by atoms with Crippen LogP contribution in [0.3, 0.4) is 0 Å². The van der Waals surface area contributed by atoms with Gasteiger partial charge in [-0.3, -0.25) is 9.59 Å². The normalized spacial score (nSPS) is 21.8. The maximum absolute atomic E-state index is 12.4. The molecule has 5 nitrogen and oxygen atoms in total. The lowest BCUT2D eigenvalue weighted by atomic mass is 9.88. The molecule has 0 radical (unpaired) electrons. The molecule has 20 heavy (non-hydrogen) atoms. The summed E-state index contributed by atoms with van der Waals surface area (Å²) < 4.78 is 25.2. The summed E-state index contributed by atoms with van der Waals surface area (Å²) in [5.74, 6) is -1.63. The Morgan fingerprint density at radius 3 is 2.40 bits per heavy atom. The number of carbonyl (C=O) groups excluding carboxylic acids is 2. The first-order valence-electron chi connectivity index (χ1n) is 6.76. The highest BCUT2D eigenvalue weighted by atomic mass is 32.2. The van der Waals surface area contributed by atoms with Crippen molar-refractivity contribution in [1.29, 1.82) is 0 Å². The van der Waals surface area contributed by atoms with Crippen LogP contribution < -0.4 is 0 Å². The molecule has 1 aromatic carbocycles. The first kappa shape index (κ1) is 13.3. The van der Waals surface area contributed by atoms with Crippen LogP contribution in [0.2, 0.25) is 0 Å². The van der Waals surface area contributed by atoms with Gasteiger partial charge in [0.2, 0.25) is 5.91 Å². The van der Waals surface area contributed by atoms with Gasteiger partial charge in [0.1, 0.15) is 4.90 Å². The fraction of sp³-hybridized carbons (Fsp3) is 0.429. The van der Waals surface area contributed by atoms with E-state index in [9.17, 15) is 18.0 Å². The second-order valence-electron chi connectivity index (χ2n) is 5.24. The third-order valence-corrected chi connectivity index (χ3v) is 5.71. The molecule has 0 unspecified atom stereocenters. The van der Waals surface area contributed by atoms with Crippen LogP contribution >= 0.6 is 0 Å². The molecule has 106 valence electrons. The average Bonchev–Trinajstić information content (AvgIpc) is 2.67. The third kappa shape index (κ3) is 1.86. The Morgan fingerprint density at radius 2 is 1.75 bits per heavy atom. The Balaban J connectivity index is 1.99. The minimum atomic E-state index is -4.01. The van der Waals surface area contributed by atoms with Crippen molar-refractivity contribution in [3.05, 3.63) is 29.8 Å². The maximum Gasteiger partial charge on any atom is 0.276 e. The van der Waals surface area contributed by atoms with E-state index >= 15 is 0 Å². The van der Waals surface area contributed by atoms with Crippen LogP contribution in [-0.4, -0.2) is 24.5 Å². The van der Waals surface area contributed by atoms with Crippen LogP contribution in [0.5, 0.6) is 0 Å². The SMILES string of the molecule is O=C1c2ccccc2S(=O)(=O)N1C(=O)C1CCCCC1. The highest BCUT2D eigenvalue weighted by molar-refractivity contribution is 7.90. The Kier molecular flexibility index (Phi) is 3.12. The molecule has 1 aliphatic carbocycles. The summed E-state index contributed by atoms with van der Waals surface area (Å²) in [7, 11) is -4.01. The number of rotatable bonds is 1. The quantitative estimate of drug-likeness (QED) is 0.742. The number of carbonyl (C=O) groups is 2. The van der Waals surface area contributed by atoms with Gasteiger partial charge in [-0.25, -0.2) is 8.42 Å². The van der Waals surface area contributed by atoms with Crippen LogP contribution in [0.25, 0.3) is 0 Å². The molecule has 1 aromatic rings. The molecule has 0 spiro atoms. The molecule has 0 bridgehead atoms. The molecular formula is C14H15NO4S. The summed E-state index contributed by atoms with van der Waals surface area (Å²) in [6.45, 7) is 0. The summed E-state index contributed by atoms with van der Waals surface area (Å²) >= 11 is 0. The lowest BCUT2D eigenvalue weighted by Gasteiger charge is -2.24. The molecule has 0 aromatic heterocycles. The molecule has 0 N–H and O–H groups in total. The van der Waals surface area contributed by atoms with Gasteiger partial charge in [0.05, 0.1) is 5.56 Å². The lowest BCUT2D eigenvalue weighted by molar-refractivity contribution is -0.129. The third-order valence-electron chi connectivity index (χ3n) is 3.97. The van der Waals surface area contributed by atoms with Gasteiger partial charge in [0.25, 0.3) is 15.9 Å². The summed E-state index contributed by atoms with van der Waals surface area (Å²) in [5.41, 5.74) is 0.0941. The van der Waals surface area contributed by atoms with E-state index < -0.39 is 21.8 Å². The van der Waals surface area contributed by atoms with Crippen LogP contribution in [0.1, 0.15) is 42.5 Å². The Labute approximate surface area is 117 Å². The van der Waals surface area contributed by atoms with Crippen LogP contribution in [0.4, 0.5) is 0 Å². The molecular weight excluding hydrogens is 278 g/mol. The predicted octanol–water partition coefficient (Wildman–Crippen LogP) is 1.94. The molecule has 1 heterocycles. The number of benzene rings is 1. The maximum atomic E-state index is 12.4. The lowest BCUT2D eigenvalue weighted by Crippen LogP contribution is -2.40. The first-order valence-corrected chi connectivity index (χ1v) is 8.20. The fourth-order valence-corrected chi connectivity index (χ4v) is 4.50. The van der Waals surface area contributed by atoms with Crippen LogP contribution in [0.15, 0.2) is 29.2 Å². The van der Waals surface area contributed by atoms with E-state index in [2.05, 4.69) is 0 Å². The number of hydrogen-bond acceptors (Lipinski definition) is 4. The van der Waals surface area contributed by atoms with Gasteiger partial charge in [0, 0.05) is 5.92 Å². The number of sulfonamides is 1. The molecule has 3 rings (SSSR count). The Hall–Kier alpha value is -1.69. The zero-order valence-corrected chi connectivity index (χ0v) is 11.7. The topological polar surface area (TPSA) is 71.5 Å². The summed E-state index contributed by atoms with van der Waals surface area (Å²) in [5, 5.41) is 0. The van der Waals surface area contributed by atoms with Crippen molar-refractivity contribution in [2.75, 3.05) is 0 Å². The van der Waals surface area contributed by atoms with Crippen molar-refractivity contribution in [1.82, 2.24) is 4.31 Å². The van der Waals surface area contributed by atoms with E-state index in [-0.39, 0.29) is 16.4 Å². The van der Waals surface area contributed by atoms with Gasteiger partial charge < -0.3 is 0 Å². The standard InChI is InChI=1S/C14H15NO4S/c16-13(10-6-2-1-3-7-10)15-14(17)11-8-4-5-9-12(11)20(15,18)19/h4-5,8-10H,1-3,6-7H2. The highest BCUT2D eigenvalue weighted by Crippen LogP contribution is 2.34. The smallest absolute Gasteiger partial charge is 0.273 e. The van der Waals surface area contributed by atoms with Crippen LogP contribution in [0, 0.1) is 5.92 Å². The Bertz CT molecular complexity index is 674. The van der Waals surface area contributed by atoms with Crippen molar-refractivity contribution in [3.63, 3.8) is 0 Å². The van der Waals surface area contributed by atoms with Crippen molar-refractivity contribution < 1.29 is 18.0 Å². The monoisotopic (exact) mass is 293 g/mol. The van der Waals surface area contributed by atoms with Crippen molar-refractivity contribution in [2.45, 2.75) is 37.0 Å². The number of nitrogens with zero attached hydrogens (tertiary/aromatic N) is 1. The second-order valence-corrected chi connectivity index (χ2v) is 7.00. The van der Waals surface area contributed by atoms with E-state index in [1.54, 1.807) is 12.1 Å². The molecule has 6 heteroatoms. The van der Waals surface area contributed by atoms with E-state index in [4.69, 9.17) is 0 Å². The van der Waals surface area contributed by atoms with Gasteiger partial charge in [0.15, 0.2) is 0 Å². The average molecular weight is 293 g/mol. The summed E-state index contributed by atoms with van der Waals surface area (Å²) in [6, 6.07) is 5.97. The predicted molar refractivity (Wildman–Crippen MR) is 71.4 cm³/mol. The zero-order chi connectivity index (χ0) is 14.3.